The quantitative estimate of drug-likeness (QED) is 0.458. The van der Waals surface area contributed by atoms with E-state index in [1.807, 2.05) is 0 Å². The zero-order chi connectivity index (χ0) is 17.3. The van der Waals surface area contributed by atoms with Crippen LogP contribution in [0.4, 0.5) is 5.69 Å². The second-order valence-electron chi connectivity index (χ2n) is 7.09. The summed E-state index contributed by atoms with van der Waals surface area (Å²) in [6.45, 7) is 9.79. The highest BCUT2D eigenvalue weighted by molar-refractivity contribution is 6.01. The number of ether oxygens (including phenoxy) is 1. The third-order valence-electron chi connectivity index (χ3n) is 5.21. The number of esters is 1. The maximum atomic E-state index is 10.9. The molecule has 0 saturated carbocycles. The van der Waals surface area contributed by atoms with E-state index in [0.29, 0.717) is 6.61 Å². The number of hydrogen-bond donors (Lipinski definition) is 0. The van der Waals surface area contributed by atoms with Crippen molar-refractivity contribution < 1.29 is 14.1 Å². The van der Waals surface area contributed by atoms with Gasteiger partial charge in [0.05, 0.1) is 12.0 Å². The summed E-state index contributed by atoms with van der Waals surface area (Å²) in [5, 5.41) is 2.65. The van der Waals surface area contributed by atoms with Crippen LogP contribution >= 0.6 is 0 Å². The molecule has 2 aromatic rings. The SMILES string of the molecule is CC(=O)OCCCC[N+]1=C(C)C(C)(C)c2c1ccc1ccccc21. The maximum absolute atomic E-state index is 10.9. The van der Waals surface area contributed by atoms with E-state index >= 15 is 0 Å². The third-order valence-corrected chi connectivity index (χ3v) is 5.21. The van der Waals surface area contributed by atoms with Crippen molar-refractivity contribution in [1.82, 2.24) is 0 Å². The van der Waals surface area contributed by atoms with Crippen LogP contribution in [-0.4, -0.2) is 29.4 Å². The van der Waals surface area contributed by atoms with Gasteiger partial charge in [0.1, 0.15) is 6.54 Å². The van der Waals surface area contributed by atoms with Crippen LogP contribution in [0.5, 0.6) is 0 Å². The van der Waals surface area contributed by atoms with Gasteiger partial charge in [-0.25, -0.2) is 0 Å². The van der Waals surface area contributed by atoms with E-state index in [-0.39, 0.29) is 11.4 Å². The summed E-state index contributed by atoms with van der Waals surface area (Å²) in [5.41, 5.74) is 4.18. The van der Waals surface area contributed by atoms with Crippen molar-refractivity contribution >= 4 is 28.1 Å². The lowest BCUT2D eigenvalue weighted by Crippen LogP contribution is -2.27. The molecule has 0 radical (unpaired) electrons. The van der Waals surface area contributed by atoms with Crippen molar-refractivity contribution in [3.63, 3.8) is 0 Å². The van der Waals surface area contributed by atoms with Crippen molar-refractivity contribution in [2.24, 2.45) is 0 Å². The van der Waals surface area contributed by atoms with E-state index in [0.717, 1.165) is 19.4 Å². The molecule has 1 aliphatic rings. The average molecular weight is 324 g/mol. The van der Waals surface area contributed by atoms with Gasteiger partial charge in [0, 0.05) is 31.9 Å². The minimum atomic E-state index is -0.197. The van der Waals surface area contributed by atoms with Crippen LogP contribution in [0.1, 0.15) is 46.1 Å². The molecular weight excluding hydrogens is 298 g/mol. The molecule has 0 N–H and O–H groups in total. The summed E-state index contributed by atoms with van der Waals surface area (Å²) < 4.78 is 7.48. The molecule has 0 unspecified atom stereocenters. The summed E-state index contributed by atoms with van der Waals surface area (Å²) in [7, 11) is 0. The molecule has 0 aliphatic carbocycles. The average Bonchev–Trinajstić information content (AvgIpc) is 2.75. The lowest BCUT2D eigenvalue weighted by Gasteiger charge is -2.17. The predicted octanol–water partition coefficient (Wildman–Crippen LogP) is 4.58. The molecule has 126 valence electrons. The standard InChI is InChI=1S/C21H26NO2/c1-15-21(3,4)20-18-10-6-5-9-17(18)11-12-19(20)22(15)13-7-8-14-24-16(2)23/h5-6,9-12H,7-8,13-14H2,1-4H3/q+1. The number of fused-ring (bicyclic) bond motifs is 3. The second kappa shape index (κ2) is 6.39. The van der Waals surface area contributed by atoms with Crippen molar-refractivity contribution in [2.75, 3.05) is 13.2 Å². The van der Waals surface area contributed by atoms with Crippen LogP contribution in [0.25, 0.3) is 10.8 Å². The Morgan fingerprint density at radius 1 is 1.12 bits per heavy atom. The number of unbranched alkanes of at least 4 members (excludes halogenated alkanes) is 1. The number of nitrogens with zero attached hydrogens (tertiary/aromatic N) is 1. The fourth-order valence-corrected chi connectivity index (χ4v) is 3.72. The van der Waals surface area contributed by atoms with E-state index in [9.17, 15) is 4.79 Å². The molecule has 0 amide bonds. The zero-order valence-corrected chi connectivity index (χ0v) is 15.1. The number of carbonyl (C=O) groups excluding carboxylic acids is 1. The lowest BCUT2D eigenvalue weighted by atomic mass is 9.80. The zero-order valence-electron chi connectivity index (χ0n) is 15.1. The van der Waals surface area contributed by atoms with Crippen LogP contribution in [0.15, 0.2) is 36.4 Å². The van der Waals surface area contributed by atoms with Gasteiger partial charge in [-0.2, -0.15) is 4.58 Å². The summed E-state index contributed by atoms with van der Waals surface area (Å²) >= 11 is 0. The molecule has 0 spiro atoms. The van der Waals surface area contributed by atoms with Crippen LogP contribution in [0, 0.1) is 0 Å². The smallest absolute Gasteiger partial charge is 0.302 e. The van der Waals surface area contributed by atoms with E-state index in [4.69, 9.17) is 4.74 Å². The first-order valence-electron chi connectivity index (χ1n) is 8.70. The van der Waals surface area contributed by atoms with Crippen LogP contribution in [0.2, 0.25) is 0 Å². The Morgan fingerprint density at radius 3 is 2.62 bits per heavy atom. The van der Waals surface area contributed by atoms with Crippen molar-refractivity contribution in [2.45, 2.75) is 46.0 Å². The van der Waals surface area contributed by atoms with Crippen molar-refractivity contribution in [3.8, 4) is 0 Å². The fraction of sp³-hybridized carbons (Fsp3) is 0.429. The highest BCUT2D eigenvalue weighted by Crippen LogP contribution is 2.43. The van der Waals surface area contributed by atoms with Gasteiger partial charge in [0.15, 0.2) is 5.71 Å². The van der Waals surface area contributed by atoms with E-state index in [1.54, 1.807) is 0 Å². The Kier molecular flexibility index (Phi) is 4.44. The predicted molar refractivity (Wildman–Crippen MR) is 98.3 cm³/mol. The van der Waals surface area contributed by atoms with Gasteiger partial charge in [-0.05, 0) is 37.1 Å². The molecule has 0 fully saturated rings. The molecular formula is C21H26NO2+. The molecule has 24 heavy (non-hydrogen) atoms. The number of hydrogen-bond acceptors (Lipinski definition) is 2. The van der Waals surface area contributed by atoms with Gasteiger partial charge in [-0.15, -0.1) is 0 Å². The highest BCUT2D eigenvalue weighted by atomic mass is 16.5. The highest BCUT2D eigenvalue weighted by Gasteiger charge is 2.43. The lowest BCUT2D eigenvalue weighted by molar-refractivity contribution is -0.439. The number of rotatable bonds is 5. The molecule has 2 aromatic carbocycles. The topological polar surface area (TPSA) is 29.3 Å². The van der Waals surface area contributed by atoms with Gasteiger partial charge >= 0.3 is 5.97 Å². The molecule has 0 bridgehead atoms. The minimum Gasteiger partial charge on any atom is -0.466 e. The second-order valence-corrected chi connectivity index (χ2v) is 7.09. The Morgan fingerprint density at radius 2 is 1.88 bits per heavy atom. The Labute approximate surface area is 144 Å². The van der Waals surface area contributed by atoms with Crippen LogP contribution in [0.3, 0.4) is 0 Å². The van der Waals surface area contributed by atoms with E-state index < -0.39 is 0 Å². The van der Waals surface area contributed by atoms with Gasteiger partial charge in [0.2, 0.25) is 5.69 Å². The number of benzene rings is 2. The molecule has 0 aromatic heterocycles. The van der Waals surface area contributed by atoms with E-state index in [1.165, 1.54) is 34.7 Å². The van der Waals surface area contributed by atoms with Gasteiger partial charge in [-0.3, -0.25) is 4.79 Å². The van der Waals surface area contributed by atoms with Gasteiger partial charge in [0.25, 0.3) is 0 Å². The summed E-state index contributed by atoms with van der Waals surface area (Å²) in [4.78, 5) is 10.9. The molecule has 1 aliphatic heterocycles. The Hall–Kier alpha value is -2.16. The molecule has 3 rings (SSSR count). The van der Waals surface area contributed by atoms with E-state index in [2.05, 4.69) is 61.7 Å². The molecule has 3 heteroatoms. The molecule has 1 heterocycles. The van der Waals surface area contributed by atoms with Crippen molar-refractivity contribution in [1.29, 1.82) is 0 Å². The number of carbonyl (C=O) groups is 1. The monoisotopic (exact) mass is 324 g/mol. The van der Waals surface area contributed by atoms with Gasteiger partial charge < -0.3 is 4.74 Å². The summed E-state index contributed by atoms with van der Waals surface area (Å²) in [5.74, 6) is -0.197. The van der Waals surface area contributed by atoms with Crippen molar-refractivity contribution in [3.05, 3.63) is 42.0 Å². The maximum Gasteiger partial charge on any atom is 0.302 e. The first-order valence-corrected chi connectivity index (χ1v) is 8.70. The summed E-state index contributed by atoms with van der Waals surface area (Å²) in [6, 6.07) is 13.1. The van der Waals surface area contributed by atoms with Gasteiger partial charge in [-0.1, -0.05) is 24.3 Å². The first-order chi connectivity index (χ1) is 11.4. The molecule has 0 saturated heterocycles. The normalized spacial score (nSPS) is 15.7. The first kappa shape index (κ1) is 16.7. The Bertz CT molecular complexity index is 818. The minimum absolute atomic E-state index is 0.0338. The molecule has 0 atom stereocenters. The Balaban J connectivity index is 1.88. The largest absolute Gasteiger partial charge is 0.466 e. The molecule has 3 nitrogen and oxygen atoms in total. The fourth-order valence-electron chi connectivity index (χ4n) is 3.72. The summed E-state index contributed by atoms with van der Waals surface area (Å²) in [6.07, 6.45) is 1.90. The third kappa shape index (κ3) is 2.83. The van der Waals surface area contributed by atoms with Crippen LogP contribution in [-0.2, 0) is 14.9 Å². The van der Waals surface area contributed by atoms with Crippen LogP contribution < -0.4 is 0 Å².